The third kappa shape index (κ3) is 4.83. The van der Waals surface area contributed by atoms with Crippen LogP contribution in [0.15, 0.2) is 51.0 Å². The van der Waals surface area contributed by atoms with Gasteiger partial charge in [-0.15, -0.1) is 0 Å². The molecule has 0 unspecified atom stereocenters. The van der Waals surface area contributed by atoms with E-state index in [1.54, 1.807) is 24.3 Å². The molecule has 0 fully saturated rings. The lowest BCUT2D eigenvalue weighted by atomic mass is 10.3. The summed E-state index contributed by atoms with van der Waals surface area (Å²) in [6.45, 7) is -0.0495. The Morgan fingerprint density at radius 3 is 2.75 bits per heavy atom. The maximum Gasteiger partial charge on any atom is 0.328 e. The molecule has 2 aromatic rings. The number of amides is 1. The summed E-state index contributed by atoms with van der Waals surface area (Å²) >= 11 is 0. The zero-order valence-corrected chi connectivity index (χ0v) is 13.4. The van der Waals surface area contributed by atoms with Gasteiger partial charge in [0.15, 0.2) is 0 Å². The molecule has 0 saturated heterocycles. The van der Waals surface area contributed by atoms with Crippen LogP contribution in [0.25, 0.3) is 0 Å². The molecular formula is C14H15N3O6S. The summed E-state index contributed by atoms with van der Waals surface area (Å²) in [5.41, 5.74) is 2.90. The smallest absolute Gasteiger partial charge is 0.328 e. The maximum absolute atomic E-state index is 11.7. The predicted molar refractivity (Wildman–Crippen MR) is 85.7 cm³/mol. The minimum absolute atomic E-state index is 0.0495. The second-order valence-electron chi connectivity index (χ2n) is 4.48. The lowest BCUT2D eigenvalue weighted by Gasteiger charge is -2.09. The van der Waals surface area contributed by atoms with Gasteiger partial charge in [0.1, 0.15) is 11.5 Å². The van der Waals surface area contributed by atoms with Gasteiger partial charge in [-0.05, 0) is 24.3 Å². The Morgan fingerprint density at radius 1 is 1.33 bits per heavy atom. The number of methoxy groups -OCH3 is 1. The van der Waals surface area contributed by atoms with Gasteiger partial charge in [-0.1, -0.05) is 12.1 Å². The second kappa shape index (κ2) is 7.62. The number of anilines is 1. The van der Waals surface area contributed by atoms with Crippen LogP contribution in [-0.4, -0.2) is 38.7 Å². The zero-order chi connectivity index (χ0) is 17.6. The first-order chi connectivity index (χ1) is 11.4. The van der Waals surface area contributed by atoms with Crippen LogP contribution in [-0.2, 0) is 14.9 Å². The van der Waals surface area contributed by atoms with Gasteiger partial charge in [-0.2, -0.15) is 13.5 Å². The van der Waals surface area contributed by atoms with Crippen LogP contribution < -0.4 is 15.5 Å². The van der Waals surface area contributed by atoms with E-state index in [4.69, 9.17) is 13.7 Å². The van der Waals surface area contributed by atoms with Crippen molar-refractivity contribution in [3.05, 3.63) is 42.2 Å². The van der Waals surface area contributed by atoms with Gasteiger partial charge in [-0.25, -0.2) is 5.43 Å². The van der Waals surface area contributed by atoms with E-state index in [-0.39, 0.29) is 12.3 Å². The lowest BCUT2D eigenvalue weighted by molar-refractivity contribution is -0.119. The second-order valence-corrected chi connectivity index (χ2v) is 5.83. The van der Waals surface area contributed by atoms with Crippen LogP contribution in [0.5, 0.6) is 5.75 Å². The topological polar surface area (TPSA) is 130 Å². The van der Waals surface area contributed by atoms with E-state index in [1.807, 2.05) is 0 Å². The fourth-order valence-corrected chi connectivity index (χ4v) is 2.16. The molecule has 2 rings (SSSR count). The summed E-state index contributed by atoms with van der Waals surface area (Å²) in [7, 11) is -2.88. The lowest BCUT2D eigenvalue weighted by Crippen LogP contribution is -2.26. The van der Waals surface area contributed by atoms with Crippen LogP contribution >= 0.6 is 0 Å². The zero-order valence-electron chi connectivity index (χ0n) is 12.6. The highest BCUT2D eigenvalue weighted by Gasteiger charge is 2.14. The van der Waals surface area contributed by atoms with Crippen molar-refractivity contribution in [3.8, 4) is 5.75 Å². The molecule has 9 nitrogen and oxygen atoms in total. The summed E-state index contributed by atoms with van der Waals surface area (Å²) in [6, 6.07) is 9.47. The SMILES string of the molecule is COc1ccccc1NCC(=O)N/N=C\c1ccc(S(=O)(=O)O)o1. The Labute approximate surface area is 138 Å². The molecule has 1 aromatic carbocycles. The van der Waals surface area contributed by atoms with Gasteiger partial charge in [0.2, 0.25) is 5.09 Å². The number of nitrogens with one attached hydrogen (secondary N) is 2. The molecule has 1 heterocycles. The summed E-state index contributed by atoms with van der Waals surface area (Å²) in [5, 5.41) is 5.91. The van der Waals surface area contributed by atoms with E-state index < -0.39 is 21.1 Å². The highest BCUT2D eigenvalue weighted by Crippen LogP contribution is 2.22. The predicted octanol–water partition coefficient (Wildman–Crippen LogP) is 1.10. The monoisotopic (exact) mass is 353 g/mol. The summed E-state index contributed by atoms with van der Waals surface area (Å²) < 4.78 is 40.4. The molecule has 0 saturated carbocycles. The average Bonchev–Trinajstić information content (AvgIpc) is 3.02. The molecule has 0 bridgehead atoms. The Kier molecular flexibility index (Phi) is 5.55. The number of nitrogens with zero attached hydrogens (tertiary/aromatic N) is 1. The molecule has 3 N–H and O–H groups in total. The minimum atomic E-state index is -4.41. The van der Waals surface area contributed by atoms with Crippen LogP contribution in [0, 0.1) is 0 Å². The highest BCUT2D eigenvalue weighted by molar-refractivity contribution is 7.85. The number of ether oxygens (including phenoxy) is 1. The molecule has 1 aromatic heterocycles. The van der Waals surface area contributed by atoms with Crippen molar-refractivity contribution < 1.29 is 26.9 Å². The Morgan fingerprint density at radius 2 is 2.08 bits per heavy atom. The molecule has 0 aliphatic rings. The number of para-hydroxylation sites is 2. The van der Waals surface area contributed by atoms with E-state index in [2.05, 4.69) is 15.8 Å². The van der Waals surface area contributed by atoms with Crippen molar-refractivity contribution >= 4 is 27.9 Å². The summed E-state index contributed by atoms with van der Waals surface area (Å²) in [6.07, 6.45) is 1.11. The van der Waals surface area contributed by atoms with Crippen LogP contribution in [0.4, 0.5) is 5.69 Å². The largest absolute Gasteiger partial charge is 0.495 e. The quantitative estimate of drug-likeness (QED) is 0.386. The minimum Gasteiger partial charge on any atom is -0.495 e. The number of rotatable bonds is 7. The van der Waals surface area contributed by atoms with E-state index in [0.29, 0.717) is 11.4 Å². The number of hydrogen-bond acceptors (Lipinski definition) is 7. The Balaban J connectivity index is 1.86. The van der Waals surface area contributed by atoms with Crippen LogP contribution in [0.1, 0.15) is 5.76 Å². The number of hydrazone groups is 1. The van der Waals surface area contributed by atoms with E-state index >= 15 is 0 Å². The standard InChI is InChI=1S/C14H15N3O6S/c1-22-12-5-3-2-4-11(12)15-9-13(18)17-16-8-10-6-7-14(23-10)24(19,20)21/h2-8,15H,9H2,1H3,(H,17,18)(H,19,20,21)/b16-8-. The third-order valence-electron chi connectivity index (χ3n) is 2.78. The number of carbonyl (C=O) groups is 1. The van der Waals surface area contributed by atoms with Crippen molar-refractivity contribution in [3.63, 3.8) is 0 Å². The molecular weight excluding hydrogens is 338 g/mol. The van der Waals surface area contributed by atoms with Gasteiger partial charge in [0.25, 0.3) is 5.91 Å². The van der Waals surface area contributed by atoms with E-state index in [9.17, 15) is 13.2 Å². The average molecular weight is 353 g/mol. The fourth-order valence-electron chi connectivity index (χ4n) is 1.72. The first-order valence-corrected chi connectivity index (χ1v) is 8.10. The number of furan rings is 1. The van der Waals surface area contributed by atoms with Gasteiger partial charge in [0.05, 0.1) is 25.6 Å². The van der Waals surface area contributed by atoms with Crippen LogP contribution in [0.2, 0.25) is 0 Å². The number of hydrogen-bond donors (Lipinski definition) is 3. The fraction of sp³-hybridized carbons (Fsp3) is 0.143. The van der Waals surface area contributed by atoms with Gasteiger partial charge >= 0.3 is 10.1 Å². The van der Waals surface area contributed by atoms with Gasteiger partial charge in [-0.3, -0.25) is 9.35 Å². The van der Waals surface area contributed by atoms with E-state index in [0.717, 1.165) is 12.3 Å². The van der Waals surface area contributed by atoms with Crippen molar-refractivity contribution in [1.29, 1.82) is 0 Å². The summed E-state index contributed by atoms with van der Waals surface area (Å²) in [4.78, 5) is 11.7. The van der Waals surface area contributed by atoms with Crippen molar-refractivity contribution in [2.45, 2.75) is 5.09 Å². The molecule has 0 aliphatic heterocycles. The number of benzene rings is 1. The molecule has 24 heavy (non-hydrogen) atoms. The molecule has 0 radical (unpaired) electrons. The number of carbonyl (C=O) groups excluding carboxylic acids is 1. The first kappa shape index (κ1) is 17.5. The molecule has 0 spiro atoms. The van der Waals surface area contributed by atoms with Crippen molar-refractivity contribution in [2.24, 2.45) is 5.10 Å². The van der Waals surface area contributed by atoms with Gasteiger partial charge in [0, 0.05) is 0 Å². The molecule has 1 amide bonds. The normalized spacial score (nSPS) is 11.4. The van der Waals surface area contributed by atoms with Crippen molar-refractivity contribution in [2.75, 3.05) is 19.0 Å². The van der Waals surface area contributed by atoms with Crippen LogP contribution in [0.3, 0.4) is 0 Å². The molecule has 128 valence electrons. The molecule has 0 atom stereocenters. The Bertz CT molecular complexity index is 844. The van der Waals surface area contributed by atoms with Gasteiger partial charge < -0.3 is 14.5 Å². The maximum atomic E-state index is 11.7. The van der Waals surface area contributed by atoms with E-state index in [1.165, 1.54) is 13.2 Å². The third-order valence-corrected chi connectivity index (χ3v) is 3.51. The molecule has 10 heteroatoms. The Hall–Kier alpha value is -2.85. The van der Waals surface area contributed by atoms with Crippen molar-refractivity contribution in [1.82, 2.24) is 5.43 Å². The highest BCUT2D eigenvalue weighted by atomic mass is 32.2. The summed E-state index contributed by atoms with van der Waals surface area (Å²) in [5.74, 6) is 0.224. The first-order valence-electron chi connectivity index (χ1n) is 6.66. The molecule has 0 aliphatic carbocycles.